The van der Waals surface area contributed by atoms with E-state index in [1.807, 2.05) is 6.07 Å². The van der Waals surface area contributed by atoms with E-state index >= 15 is 0 Å². The fourth-order valence-corrected chi connectivity index (χ4v) is 2.33. The molecule has 0 saturated heterocycles. The minimum atomic E-state index is -0.488. The van der Waals surface area contributed by atoms with Crippen molar-refractivity contribution in [1.82, 2.24) is 0 Å². The number of halogens is 1. The molecule has 0 fully saturated rings. The molecule has 2 aromatic carbocycles. The molecule has 0 aliphatic heterocycles. The smallest absolute Gasteiger partial charge is 0.269 e. The summed E-state index contributed by atoms with van der Waals surface area (Å²) in [7, 11) is 0. The van der Waals surface area contributed by atoms with Gasteiger partial charge in [-0.1, -0.05) is 18.2 Å². The Balaban J connectivity index is 1.92. The standard InChI is InChI=1S/C19H11FN2O3/c20-18-4-2-1-3-17(18)14(12-21)11-16-9-10-19(25-16)13-5-7-15(8-6-13)22(23)24/h1-11H/b14-11+. The van der Waals surface area contributed by atoms with Crippen LogP contribution in [-0.2, 0) is 0 Å². The number of nitro benzene ring substituents is 1. The molecule has 5 nitrogen and oxygen atoms in total. The number of allylic oxidation sites excluding steroid dienone is 1. The molecular weight excluding hydrogens is 323 g/mol. The van der Waals surface area contributed by atoms with Gasteiger partial charge in [0, 0.05) is 23.3 Å². The van der Waals surface area contributed by atoms with Crippen LogP contribution in [0.25, 0.3) is 23.0 Å². The van der Waals surface area contributed by atoms with Crippen LogP contribution in [-0.4, -0.2) is 4.92 Å². The summed E-state index contributed by atoms with van der Waals surface area (Å²) in [5, 5.41) is 20.0. The maximum absolute atomic E-state index is 13.8. The minimum Gasteiger partial charge on any atom is -0.457 e. The Bertz CT molecular complexity index is 998. The van der Waals surface area contributed by atoms with Crippen LogP contribution < -0.4 is 0 Å². The second kappa shape index (κ2) is 6.81. The van der Waals surface area contributed by atoms with Gasteiger partial charge in [-0.2, -0.15) is 5.26 Å². The molecule has 0 saturated carbocycles. The normalized spacial score (nSPS) is 11.1. The predicted molar refractivity (Wildman–Crippen MR) is 90.7 cm³/mol. The Morgan fingerprint density at radius 1 is 1.12 bits per heavy atom. The molecule has 3 rings (SSSR count). The Kier molecular flexibility index (Phi) is 4.40. The maximum atomic E-state index is 13.8. The first-order valence-electron chi connectivity index (χ1n) is 7.30. The highest BCUT2D eigenvalue weighted by molar-refractivity contribution is 5.89. The van der Waals surface area contributed by atoms with E-state index in [9.17, 15) is 19.8 Å². The zero-order valence-corrected chi connectivity index (χ0v) is 12.8. The van der Waals surface area contributed by atoms with Crippen molar-refractivity contribution < 1.29 is 13.7 Å². The lowest BCUT2D eigenvalue weighted by Gasteiger charge is -2.00. The van der Waals surface area contributed by atoms with Crippen LogP contribution in [0.1, 0.15) is 11.3 Å². The van der Waals surface area contributed by atoms with Gasteiger partial charge in [0.25, 0.3) is 5.69 Å². The molecule has 0 aliphatic carbocycles. The molecule has 0 unspecified atom stereocenters. The lowest BCUT2D eigenvalue weighted by atomic mass is 10.1. The number of non-ortho nitro benzene ring substituents is 1. The quantitative estimate of drug-likeness (QED) is 0.379. The number of nitriles is 1. The molecule has 0 aliphatic rings. The van der Waals surface area contributed by atoms with Crippen molar-refractivity contribution in [3.63, 3.8) is 0 Å². The van der Waals surface area contributed by atoms with E-state index in [1.54, 1.807) is 36.4 Å². The summed E-state index contributed by atoms with van der Waals surface area (Å²) >= 11 is 0. The molecule has 0 atom stereocenters. The van der Waals surface area contributed by atoms with Gasteiger partial charge in [0.15, 0.2) is 0 Å². The molecule has 25 heavy (non-hydrogen) atoms. The molecule has 0 amide bonds. The second-order valence-electron chi connectivity index (χ2n) is 5.16. The highest BCUT2D eigenvalue weighted by Crippen LogP contribution is 2.27. The zero-order valence-electron chi connectivity index (χ0n) is 12.8. The zero-order chi connectivity index (χ0) is 17.8. The summed E-state index contributed by atoms with van der Waals surface area (Å²) in [5.74, 6) is 0.387. The van der Waals surface area contributed by atoms with Gasteiger partial charge in [0.2, 0.25) is 0 Å². The van der Waals surface area contributed by atoms with E-state index in [0.29, 0.717) is 17.1 Å². The summed E-state index contributed by atoms with van der Waals surface area (Å²) in [4.78, 5) is 10.2. The van der Waals surface area contributed by atoms with Crippen molar-refractivity contribution in [1.29, 1.82) is 5.26 Å². The van der Waals surface area contributed by atoms with Crippen LogP contribution in [0.3, 0.4) is 0 Å². The Morgan fingerprint density at radius 2 is 1.84 bits per heavy atom. The van der Waals surface area contributed by atoms with Crippen LogP contribution in [0.2, 0.25) is 0 Å². The van der Waals surface area contributed by atoms with E-state index in [-0.39, 0.29) is 16.8 Å². The van der Waals surface area contributed by atoms with Crippen molar-refractivity contribution in [3.05, 3.63) is 87.9 Å². The number of hydrogen-bond acceptors (Lipinski definition) is 4. The summed E-state index contributed by atoms with van der Waals surface area (Å²) in [6, 6.07) is 17.2. The highest BCUT2D eigenvalue weighted by atomic mass is 19.1. The molecule has 0 radical (unpaired) electrons. The third-order valence-electron chi connectivity index (χ3n) is 3.56. The summed E-state index contributed by atoms with van der Waals surface area (Å²) in [6.45, 7) is 0. The monoisotopic (exact) mass is 334 g/mol. The average Bonchev–Trinajstić information content (AvgIpc) is 3.09. The van der Waals surface area contributed by atoms with E-state index in [1.165, 1.54) is 30.3 Å². The molecule has 1 aromatic heterocycles. The number of nitrogens with zero attached hydrogens (tertiary/aromatic N) is 2. The third-order valence-corrected chi connectivity index (χ3v) is 3.56. The van der Waals surface area contributed by atoms with Gasteiger partial charge < -0.3 is 4.42 Å². The van der Waals surface area contributed by atoms with Gasteiger partial charge in [-0.25, -0.2) is 4.39 Å². The number of nitro groups is 1. The van der Waals surface area contributed by atoms with Gasteiger partial charge in [-0.05, 0) is 36.4 Å². The third kappa shape index (κ3) is 3.46. The van der Waals surface area contributed by atoms with Crippen LogP contribution in [0, 0.1) is 27.3 Å². The first-order valence-corrected chi connectivity index (χ1v) is 7.30. The van der Waals surface area contributed by atoms with Crippen LogP contribution >= 0.6 is 0 Å². The van der Waals surface area contributed by atoms with Crippen molar-refractivity contribution in [2.45, 2.75) is 0 Å². The number of furan rings is 1. The number of benzene rings is 2. The van der Waals surface area contributed by atoms with E-state index in [2.05, 4.69) is 0 Å². The lowest BCUT2D eigenvalue weighted by Crippen LogP contribution is -1.87. The molecule has 3 aromatic rings. The van der Waals surface area contributed by atoms with Gasteiger partial charge in [-0.3, -0.25) is 10.1 Å². The summed E-state index contributed by atoms with van der Waals surface area (Å²) in [6.07, 6.45) is 1.45. The van der Waals surface area contributed by atoms with Crippen LogP contribution in [0.15, 0.2) is 65.1 Å². The Labute approximate surface area is 142 Å². The molecule has 6 heteroatoms. The van der Waals surface area contributed by atoms with E-state index in [0.717, 1.165) is 0 Å². The largest absolute Gasteiger partial charge is 0.457 e. The van der Waals surface area contributed by atoms with Crippen molar-refractivity contribution in [3.8, 4) is 17.4 Å². The highest BCUT2D eigenvalue weighted by Gasteiger charge is 2.10. The number of rotatable bonds is 4. The van der Waals surface area contributed by atoms with Gasteiger partial charge >= 0.3 is 0 Å². The molecular formula is C19H11FN2O3. The molecule has 122 valence electrons. The van der Waals surface area contributed by atoms with Crippen LogP contribution in [0.4, 0.5) is 10.1 Å². The maximum Gasteiger partial charge on any atom is 0.269 e. The van der Waals surface area contributed by atoms with Gasteiger partial charge in [0.1, 0.15) is 17.3 Å². The summed E-state index contributed by atoms with van der Waals surface area (Å²) < 4.78 is 19.5. The van der Waals surface area contributed by atoms with E-state index in [4.69, 9.17) is 4.42 Å². The molecule has 0 N–H and O–H groups in total. The molecule has 0 spiro atoms. The number of hydrogen-bond donors (Lipinski definition) is 0. The lowest BCUT2D eigenvalue weighted by molar-refractivity contribution is -0.384. The minimum absolute atomic E-state index is 0.0123. The Morgan fingerprint density at radius 3 is 2.48 bits per heavy atom. The fraction of sp³-hybridized carbons (Fsp3) is 0. The SMILES string of the molecule is N#C/C(=C\c1ccc(-c2ccc([N+](=O)[O-])cc2)o1)c1ccccc1F. The predicted octanol–water partition coefficient (Wildman–Crippen LogP) is 5.06. The van der Waals surface area contributed by atoms with Gasteiger partial charge in [0.05, 0.1) is 16.6 Å². The molecule has 0 bridgehead atoms. The first kappa shape index (κ1) is 16.1. The average molecular weight is 334 g/mol. The van der Waals surface area contributed by atoms with Crippen molar-refractivity contribution in [2.75, 3.05) is 0 Å². The molecule has 1 heterocycles. The fourth-order valence-electron chi connectivity index (χ4n) is 2.33. The first-order chi connectivity index (χ1) is 12.1. The topological polar surface area (TPSA) is 80.1 Å². The van der Waals surface area contributed by atoms with E-state index < -0.39 is 10.7 Å². The second-order valence-corrected chi connectivity index (χ2v) is 5.16. The van der Waals surface area contributed by atoms with Crippen molar-refractivity contribution in [2.24, 2.45) is 0 Å². The van der Waals surface area contributed by atoms with Gasteiger partial charge in [-0.15, -0.1) is 0 Å². The summed E-state index contributed by atoms with van der Waals surface area (Å²) in [5.41, 5.74) is 0.984. The Hall–Kier alpha value is -3.72. The van der Waals surface area contributed by atoms with Crippen LogP contribution in [0.5, 0.6) is 0 Å². The van der Waals surface area contributed by atoms with Crippen molar-refractivity contribution >= 4 is 17.3 Å².